The summed E-state index contributed by atoms with van der Waals surface area (Å²) in [6.07, 6.45) is 2.31. The van der Waals surface area contributed by atoms with Gasteiger partial charge in [-0.1, -0.05) is 42.5 Å². The fourth-order valence-electron chi connectivity index (χ4n) is 3.56. The van der Waals surface area contributed by atoms with Crippen LogP contribution in [0.3, 0.4) is 0 Å². The minimum Gasteiger partial charge on any atom is -0.378 e. The van der Waals surface area contributed by atoms with E-state index in [4.69, 9.17) is 0 Å². The zero-order valence-corrected chi connectivity index (χ0v) is 15.8. The van der Waals surface area contributed by atoms with Crippen LogP contribution in [0.1, 0.15) is 16.7 Å². The van der Waals surface area contributed by atoms with Crippen LogP contribution in [0.4, 0.5) is 11.4 Å². The molecule has 0 unspecified atom stereocenters. The van der Waals surface area contributed by atoms with Crippen LogP contribution in [0.5, 0.6) is 0 Å². The topological polar surface area (TPSA) is 6.48 Å². The molecule has 2 heteroatoms. The number of anilines is 2. The molecule has 0 saturated carbocycles. The molecule has 0 aliphatic heterocycles. The van der Waals surface area contributed by atoms with Crippen LogP contribution in [-0.4, -0.2) is 28.2 Å². The summed E-state index contributed by atoms with van der Waals surface area (Å²) in [6, 6.07) is 24.2. The van der Waals surface area contributed by atoms with Gasteiger partial charge in [-0.05, 0) is 63.7 Å². The van der Waals surface area contributed by atoms with Gasteiger partial charge in [0.15, 0.2) is 0 Å². The van der Waals surface area contributed by atoms with Crippen molar-refractivity contribution in [3.63, 3.8) is 0 Å². The van der Waals surface area contributed by atoms with Crippen molar-refractivity contribution in [3.05, 3.63) is 83.4 Å². The van der Waals surface area contributed by atoms with Crippen molar-refractivity contribution in [3.8, 4) is 11.1 Å². The van der Waals surface area contributed by atoms with E-state index in [0.717, 1.165) is 0 Å². The monoisotopic (exact) mass is 340 g/mol. The first-order chi connectivity index (χ1) is 12.5. The van der Waals surface area contributed by atoms with Gasteiger partial charge < -0.3 is 9.80 Å². The van der Waals surface area contributed by atoms with Gasteiger partial charge in [-0.2, -0.15) is 0 Å². The summed E-state index contributed by atoms with van der Waals surface area (Å²) >= 11 is 0. The Morgan fingerprint density at radius 3 is 1.81 bits per heavy atom. The van der Waals surface area contributed by atoms with Crippen molar-refractivity contribution in [1.29, 1.82) is 0 Å². The average molecular weight is 340 g/mol. The summed E-state index contributed by atoms with van der Waals surface area (Å²) in [5, 5.41) is 0. The van der Waals surface area contributed by atoms with E-state index < -0.39 is 0 Å². The van der Waals surface area contributed by atoms with Gasteiger partial charge in [0.25, 0.3) is 0 Å². The molecular formula is C24H24N2. The number of nitrogens with zero attached hydrogens (tertiary/aromatic N) is 2. The Kier molecular flexibility index (Phi) is 4.04. The van der Waals surface area contributed by atoms with Crippen molar-refractivity contribution in [2.24, 2.45) is 0 Å². The number of fused-ring (bicyclic) bond motifs is 3. The van der Waals surface area contributed by atoms with Crippen LogP contribution in [0.2, 0.25) is 0 Å². The molecule has 130 valence electrons. The minimum absolute atomic E-state index is 1.22. The second-order valence-electron chi connectivity index (χ2n) is 7.21. The summed E-state index contributed by atoms with van der Waals surface area (Å²) in [6.45, 7) is 0. The van der Waals surface area contributed by atoms with Crippen LogP contribution in [-0.2, 0) is 0 Å². The fraction of sp³-hybridized carbons (Fsp3) is 0.167. The molecule has 0 spiro atoms. The molecule has 0 heterocycles. The molecular weight excluding hydrogens is 316 g/mol. The maximum Gasteiger partial charge on any atom is 0.0367 e. The smallest absolute Gasteiger partial charge is 0.0367 e. The highest BCUT2D eigenvalue weighted by Gasteiger charge is 2.23. The largest absolute Gasteiger partial charge is 0.378 e. The Bertz CT molecular complexity index is 979. The summed E-state index contributed by atoms with van der Waals surface area (Å²) < 4.78 is 0. The molecule has 0 bridgehead atoms. The second kappa shape index (κ2) is 6.38. The van der Waals surface area contributed by atoms with Gasteiger partial charge in [-0.3, -0.25) is 0 Å². The van der Waals surface area contributed by atoms with Gasteiger partial charge >= 0.3 is 0 Å². The van der Waals surface area contributed by atoms with Gasteiger partial charge in [-0.25, -0.2) is 0 Å². The Morgan fingerprint density at radius 2 is 1.15 bits per heavy atom. The van der Waals surface area contributed by atoms with E-state index in [9.17, 15) is 0 Å². The molecule has 0 atom stereocenters. The van der Waals surface area contributed by atoms with E-state index in [1.807, 2.05) is 0 Å². The van der Waals surface area contributed by atoms with Crippen LogP contribution in [0.25, 0.3) is 22.8 Å². The lowest BCUT2D eigenvalue weighted by Gasteiger charge is -2.14. The first-order valence-corrected chi connectivity index (χ1v) is 8.95. The third kappa shape index (κ3) is 2.78. The number of hydrogen-bond acceptors (Lipinski definition) is 2. The lowest BCUT2D eigenvalue weighted by Crippen LogP contribution is -2.08. The van der Waals surface area contributed by atoms with Gasteiger partial charge in [-0.15, -0.1) is 0 Å². The fourth-order valence-corrected chi connectivity index (χ4v) is 3.56. The van der Waals surface area contributed by atoms with Crippen LogP contribution < -0.4 is 9.80 Å². The Hall–Kier alpha value is -3.00. The zero-order valence-electron chi connectivity index (χ0n) is 15.8. The highest BCUT2D eigenvalue weighted by Crippen LogP contribution is 2.46. The van der Waals surface area contributed by atoms with Crippen molar-refractivity contribution >= 4 is 23.0 Å². The van der Waals surface area contributed by atoms with Gasteiger partial charge in [0, 0.05) is 39.6 Å². The predicted molar refractivity (Wildman–Crippen MR) is 114 cm³/mol. The summed E-state index contributed by atoms with van der Waals surface area (Å²) in [7, 11) is 8.32. The minimum atomic E-state index is 1.22. The van der Waals surface area contributed by atoms with E-state index in [2.05, 4.69) is 111 Å². The van der Waals surface area contributed by atoms with Crippen LogP contribution in [0, 0.1) is 0 Å². The van der Waals surface area contributed by atoms with Crippen LogP contribution >= 0.6 is 0 Å². The molecule has 1 aliphatic rings. The maximum absolute atomic E-state index is 2.31. The Balaban J connectivity index is 1.86. The molecule has 1 aliphatic carbocycles. The molecule has 0 N–H and O–H groups in total. The van der Waals surface area contributed by atoms with Gasteiger partial charge in [0.05, 0.1) is 0 Å². The average Bonchev–Trinajstić information content (AvgIpc) is 2.96. The van der Waals surface area contributed by atoms with Crippen molar-refractivity contribution in [2.45, 2.75) is 0 Å². The molecule has 4 rings (SSSR count). The molecule has 3 aromatic rings. The highest BCUT2D eigenvalue weighted by atomic mass is 15.1. The van der Waals surface area contributed by atoms with E-state index >= 15 is 0 Å². The Labute approximate surface area is 156 Å². The molecule has 0 saturated heterocycles. The normalized spacial score (nSPS) is 13.5. The van der Waals surface area contributed by atoms with E-state index in [-0.39, 0.29) is 0 Å². The molecule has 26 heavy (non-hydrogen) atoms. The van der Waals surface area contributed by atoms with Crippen molar-refractivity contribution in [2.75, 3.05) is 38.0 Å². The SMILES string of the molecule is CN(C)c1ccc(/C=C2\c3ccccc3-c3ccc(N(C)C)cc32)cc1. The highest BCUT2D eigenvalue weighted by molar-refractivity contribution is 6.07. The molecule has 0 amide bonds. The van der Waals surface area contributed by atoms with Crippen molar-refractivity contribution < 1.29 is 0 Å². The van der Waals surface area contributed by atoms with E-state index in [0.29, 0.717) is 0 Å². The molecule has 0 fully saturated rings. The summed E-state index contributed by atoms with van der Waals surface area (Å²) in [5.74, 6) is 0. The van der Waals surface area contributed by atoms with E-state index in [1.165, 1.54) is 44.8 Å². The third-order valence-electron chi connectivity index (χ3n) is 5.04. The number of hydrogen-bond donors (Lipinski definition) is 0. The number of rotatable bonds is 3. The van der Waals surface area contributed by atoms with E-state index in [1.54, 1.807) is 0 Å². The molecule has 0 radical (unpaired) electrons. The van der Waals surface area contributed by atoms with Crippen LogP contribution in [0.15, 0.2) is 66.7 Å². The second-order valence-corrected chi connectivity index (χ2v) is 7.21. The number of benzene rings is 3. The maximum atomic E-state index is 2.31. The summed E-state index contributed by atoms with van der Waals surface area (Å²) in [5.41, 5.74) is 10.2. The predicted octanol–water partition coefficient (Wildman–Crippen LogP) is 5.39. The lowest BCUT2D eigenvalue weighted by atomic mass is 10.0. The Morgan fingerprint density at radius 1 is 0.577 bits per heavy atom. The standard InChI is InChI=1S/C24H24N2/c1-25(2)18-11-9-17(10-12-18)15-23-21-8-6-5-7-20(21)22-14-13-19(26(3)4)16-24(22)23/h5-16H,1-4H3/b23-15+. The first kappa shape index (κ1) is 16.5. The molecule has 2 nitrogen and oxygen atoms in total. The first-order valence-electron chi connectivity index (χ1n) is 8.95. The quantitative estimate of drug-likeness (QED) is 0.493. The third-order valence-corrected chi connectivity index (χ3v) is 5.04. The molecule has 0 aromatic heterocycles. The molecule has 3 aromatic carbocycles. The van der Waals surface area contributed by atoms with Crippen molar-refractivity contribution in [1.82, 2.24) is 0 Å². The lowest BCUT2D eigenvalue weighted by molar-refractivity contribution is 1.13. The van der Waals surface area contributed by atoms with Gasteiger partial charge in [0.2, 0.25) is 0 Å². The zero-order chi connectivity index (χ0) is 18.3. The summed E-state index contributed by atoms with van der Waals surface area (Å²) in [4.78, 5) is 4.28. The van der Waals surface area contributed by atoms with Gasteiger partial charge in [0.1, 0.15) is 0 Å².